The average molecular weight is 277 g/mol. The summed E-state index contributed by atoms with van der Waals surface area (Å²) >= 11 is 1.55. The molecule has 18 heavy (non-hydrogen) atoms. The highest BCUT2D eigenvalue weighted by Crippen LogP contribution is 2.19. The number of thioether (sulfide) groups is 1. The second kappa shape index (κ2) is 6.87. The minimum absolute atomic E-state index is 0.322. The normalized spacial score (nSPS) is 14.7. The molecule has 0 rings (SSSR count). The second-order valence-electron chi connectivity index (χ2n) is 5.11. The number of hydrogen-bond donors (Lipinski definition) is 2. The van der Waals surface area contributed by atoms with Crippen LogP contribution in [0.4, 0.5) is 4.79 Å². The summed E-state index contributed by atoms with van der Waals surface area (Å²) in [5, 5.41) is 11.8. The van der Waals surface area contributed by atoms with E-state index in [1.54, 1.807) is 39.5 Å². The van der Waals surface area contributed by atoms with E-state index in [0.717, 1.165) is 0 Å². The van der Waals surface area contributed by atoms with E-state index in [2.05, 4.69) is 5.32 Å². The molecule has 1 unspecified atom stereocenters. The minimum atomic E-state index is -1.24. The lowest BCUT2D eigenvalue weighted by molar-refractivity contribution is -0.145. The Bertz CT molecular complexity index is 301. The van der Waals surface area contributed by atoms with E-state index in [1.807, 2.05) is 6.26 Å². The Morgan fingerprint density at radius 2 is 1.89 bits per heavy atom. The first kappa shape index (κ1) is 17.1. The summed E-state index contributed by atoms with van der Waals surface area (Å²) in [6, 6.07) is 0. The molecule has 0 saturated heterocycles. The molecule has 0 aromatic rings. The van der Waals surface area contributed by atoms with Gasteiger partial charge in [0.15, 0.2) is 0 Å². The predicted molar refractivity (Wildman–Crippen MR) is 73.0 cm³/mol. The van der Waals surface area contributed by atoms with E-state index in [0.29, 0.717) is 18.6 Å². The Labute approximate surface area is 113 Å². The highest BCUT2D eigenvalue weighted by Gasteiger charge is 2.39. The van der Waals surface area contributed by atoms with Gasteiger partial charge in [0.2, 0.25) is 0 Å². The van der Waals surface area contributed by atoms with Crippen molar-refractivity contribution in [2.24, 2.45) is 0 Å². The van der Waals surface area contributed by atoms with Crippen LogP contribution in [0.2, 0.25) is 0 Å². The van der Waals surface area contributed by atoms with Gasteiger partial charge in [-0.2, -0.15) is 11.8 Å². The molecule has 0 aliphatic heterocycles. The third-order valence-corrected chi connectivity index (χ3v) is 3.10. The lowest BCUT2D eigenvalue weighted by Crippen LogP contribution is -2.55. The van der Waals surface area contributed by atoms with Crippen LogP contribution in [-0.4, -0.2) is 40.3 Å². The van der Waals surface area contributed by atoms with Gasteiger partial charge in [-0.05, 0) is 45.6 Å². The molecule has 0 aromatic heterocycles. The number of carbonyl (C=O) groups is 2. The number of alkyl carbamates (subject to hydrolysis) is 1. The zero-order chi connectivity index (χ0) is 14.4. The maximum absolute atomic E-state index is 11.7. The maximum Gasteiger partial charge on any atom is 0.408 e. The van der Waals surface area contributed by atoms with Crippen LogP contribution in [0.5, 0.6) is 0 Å². The minimum Gasteiger partial charge on any atom is -0.480 e. The van der Waals surface area contributed by atoms with Crippen molar-refractivity contribution >= 4 is 23.8 Å². The Hall–Kier alpha value is -0.910. The van der Waals surface area contributed by atoms with Crippen LogP contribution in [0.1, 0.15) is 40.5 Å². The number of carboxylic acid groups (broad SMARTS) is 1. The van der Waals surface area contributed by atoms with E-state index in [-0.39, 0.29) is 0 Å². The molecule has 0 aromatic carbocycles. The Morgan fingerprint density at radius 3 is 2.22 bits per heavy atom. The van der Waals surface area contributed by atoms with Crippen molar-refractivity contribution in [1.82, 2.24) is 5.32 Å². The zero-order valence-corrected chi connectivity index (χ0v) is 12.5. The van der Waals surface area contributed by atoms with Gasteiger partial charge in [0, 0.05) is 0 Å². The predicted octanol–water partition coefficient (Wildman–Crippen LogP) is 2.50. The number of rotatable bonds is 6. The average Bonchev–Trinajstić information content (AvgIpc) is 2.21. The van der Waals surface area contributed by atoms with Crippen molar-refractivity contribution in [1.29, 1.82) is 0 Å². The van der Waals surface area contributed by atoms with E-state index < -0.39 is 23.2 Å². The SMILES string of the molecule is CCC(CCSC)(NC(=O)OC(C)(C)C)C(=O)O. The standard InChI is InChI=1S/C12H23NO4S/c1-6-12(9(14)15,7-8-18-5)13-10(16)17-11(2,3)4/h6-8H2,1-5H3,(H,13,16)(H,14,15). The fraction of sp³-hybridized carbons (Fsp3) is 0.833. The quantitative estimate of drug-likeness (QED) is 0.780. The van der Waals surface area contributed by atoms with E-state index in [4.69, 9.17) is 4.74 Å². The summed E-state index contributed by atoms with van der Waals surface area (Å²) in [5.41, 5.74) is -1.88. The van der Waals surface area contributed by atoms with Crippen LogP contribution in [0.15, 0.2) is 0 Å². The topological polar surface area (TPSA) is 75.6 Å². The number of ether oxygens (including phenoxy) is 1. The van der Waals surface area contributed by atoms with Crippen LogP contribution in [-0.2, 0) is 9.53 Å². The number of nitrogens with one attached hydrogen (secondary N) is 1. The first-order valence-electron chi connectivity index (χ1n) is 5.90. The fourth-order valence-electron chi connectivity index (χ4n) is 1.41. The molecule has 0 bridgehead atoms. The summed E-state index contributed by atoms with van der Waals surface area (Å²) < 4.78 is 5.11. The molecule has 0 heterocycles. The lowest BCUT2D eigenvalue weighted by Gasteiger charge is -2.30. The monoisotopic (exact) mass is 277 g/mol. The van der Waals surface area contributed by atoms with Crippen LogP contribution in [0.25, 0.3) is 0 Å². The molecule has 1 atom stereocenters. The largest absolute Gasteiger partial charge is 0.480 e. The highest BCUT2D eigenvalue weighted by atomic mass is 32.2. The van der Waals surface area contributed by atoms with Crippen LogP contribution in [0.3, 0.4) is 0 Å². The summed E-state index contributed by atoms with van der Waals surface area (Å²) in [4.78, 5) is 23.1. The highest BCUT2D eigenvalue weighted by molar-refractivity contribution is 7.98. The van der Waals surface area contributed by atoms with Crippen LogP contribution in [0, 0.1) is 0 Å². The molecule has 106 valence electrons. The summed E-state index contributed by atoms with van der Waals surface area (Å²) in [5.74, 6) is -0.361. The van der Waals surface area contributed by atoms with Crippen LogP contribution < -0.4 is 5.32 Å². The van der Waals surface area contributed by atoms with Gasteiger partial charge in [-0.1, -0.05) is 6.92 Å². The third-order valence-electron chi connectivity index (χ3n) is 2.49. The molecular formula is C12H23NO4S. The number of hydrogen-bond acceptors (Lipinski definition) is 4. The molecular weight excluding hydrogens is 254 g/mol. The number of carbonyl (C=O) groups excluding carboxylic acids is 1. The summed E-state index contributed by atoms with van der Waals surface area (Å²) in [6.45, 7) is 6.96. The van der Waals surface area contributed by atoms with Gasteiger partial charge < -0.3 is 15.2 Å². The van der Waals surface area contributed by atoms with Gasteiger partial charge in [0.05, 0.1) is 0 Å². The molecule has 0 aliphatic carbocycles. The van der Waals surface area contributed by atoms with Crippen molar-refractivity contribution in [3.63, 3.8) is 0 Å². The maximum atomic E-state index is 11.7. The van der Waals surface area contributed by atoms with Crippen molar-refractivity contribution in [3.05, 3.63) is 0 Å². The number of carboxylic acids is 1. The first-order valence-corrected chi connectivity index (χ1v) is 7.30. The number of aliphatic carboxylic acids is 1. The van der Waals surface area contributed by atoms with Gasteiger partial charge in [-0.25, -0.2) is 9.59 Å². The Morgan fingerprint density at radius 1 is 1.33 bits per heavy atom. The Kier molecular flexibility index (Phi) is 6.52. The third kappa shape index (κ3) is 5.62. The molecule has 5 nitrogen and oxygen atoms in total. The molecule has 1 amide bonds. The van der Waals surface area contributed by atoms with E-state index in [1.165, 1.54) is 0 Å². The van der Waals surface area contributed by atoms with E-state index >= 15 is 0 Å². The molecule has 0 spiro atoms. The lowest BCUT2D eigenvalue weighted by atomic mass is 9.93. The molecule has 0 fully saturated rings. The Balaban J connectivity index is 4.78. The smallest absolute Gasteiger partial charge is 0.408 e. The summed E-state index contributed by atoms with van der Waals surface area (Å²) in [6.07, 6.45) is 1.91. The van der Waals surface area contributed by atoms with E-state index in [9.17, 15) is 14.7 Å². The second-order valence-corrected chi connectivity index (χ2v) is 6.10. The van der Waals surface area contributed by atoms with Gasteiger partial charge in [-0.15, -0.1) is 0 Å². The van der Waals surface area contributed by atoms with Crippen LogP contribution >= 0.6 is 11.8 Å². The zero-order valence-electron chi connectivity index (χ0n) is 11.7. The fourth-order valence-corrected chi connectivity index (χ4v) is 1.97. The van der Waals surface area contributed by atoms with Gasteiger partial charge in [0.1, 0.15) is 11.1 Å². The molecule has 0 aliphatic rings. The van der Waals surface area contributed by atoms with Gasteiger partial charge >= 0.3 is 12.1 Å². The van der Waals surface area contributed by atoms with Crippen molar-refractivity contribution < 1.29 is 19.4 Å². The van der Waals surface area contributed by atoms with Gasteiger partial charge in [0.25, 0.3) is 0 Å². The van der Waals surface area contributed by atoms with Gasteiger partial charge in [-0.3, -0.25) is 0 Å². The van der Waals surface area contributed by atoms with Crippen molar-refractivity contribution in [2.45, 2.75) is 51.7 Å². The van der Waals surface area contributed by atoms with Crippen molar-refractivity contribution in [3.8, 4) is 0 Å². The molecule has 0 saturated carbocycles. The molecule has 0 radical (unpaired) electrons. The number of amides is 1. The molecule has 2 N–H and O–H groups in total. The molecule has 6 heteroatoms. The van der Waals surface area contributed by atoms with Crippen molar-refractivity contribution in [2.75, 3.05) is 12.0 Å². The summed E-state index contributed by atoms with van der Waals surface area (Å²) in [7, 11) is 0. The first-order chi connectivity index (χ1) is 8.17.